The third-order valence-electron chi connectivity index (χ3n) is 5.93. The third-order valence-corrected chi connectivity index (χ3v) is 7.78. The average Bonchev–Trinajstić information content (AvgIpc) is 3.48. The maximum atomic E-state index is 13.5. The Kier molecular flexibility index (Phi) is 6.93. The van der Waals surface area contributed by atoms with Gasteiger partial charge in [0.1, 0.15) is 22.9 Å². The highest BCUT2D eigenvalue weighted by Gasteiger charge is 2.32. The SMILES string of the molecule is COc1cccc(OC)c1-n1c(NS(=O)(=O)[C@@H](C)[C@H](C)c2cnc(C)cn2)nnc1-c1ccn(C)n1. The largest absolute Gasteiger partial charge is 0.494 e. The highest BCUT2D eigenvalue weighted by atomic mass is 32.2. The van der Waals surface area contributed by atoms with E-state index >= 15 is 0 Å². The van der Waals surface area contributed by atoms with Gasteiger partial charge in [-0.05, 0) is 32.0 Å². The molecule has 12 nitrogen and oxygen atoms in total. The molecule has 0 spiro atoms. The number of sulfonamides is 1. The van der Waals surface area contributed by atoms with Crippen molar-refractivity contribution in [2.75, 3.05) is 18.9 Å². The van der Waals surface area contributed by atoms with Crippen LogP contribution < -0.4 is 14.2 Å². The van der Waals surface area contributed by atoms with Gasteiger partial charge in [-0.25, -0.2) is 8.42 Å². The Labute approximate surface area is 209 Å². The summed E-state index contributed by atoms with van der Waals surface area (Å²) >= 11 is 0. The number of nitrogens with one attached hydrogen (secondary N) is 1. The van der Waals surface area contributed by atoms with Crippen LogP contribution in [0.5, 0.6) is 11.5 Å². The first-order valence-electron chi connectivity index (χ1n) is 11.1. The summed E-state index contributed by atoms with van der Waals surface area (Å²) in [5.74, 6) is 0.697. The fourth-order valence-electron chi connectivity index (χ4n) is 3.68. The molecule has 36 heavy (non-hydrogen) atoms. The van der Waals surface area contributed by atoms with Gasteiger partial charge in [-0.2, -0.15) is 5.10 Å². The van der Waals surface area contributed by atoms with E-state index in [0.29, 0.717) is 34.4 Å². The maximum absolute atomic E-state index is 13.5. The summed E-state index contributed by atoms with van der Waals surface area (Å²) < 4.78 is 43.9. The molecule has 190 valence electrons. The molecule has 0 amide bonds. The number of anilines is 1. The van der Waals surface area contributed by atoms with E-state index in [-0.39, 0.29) is 5.95 Å². The molecule has 4 aromatic rings. The number of aromatic nitrogens is 7. The van der Waals surface area contributed by atoms with Crippen LogP contribution in [0.25, 0.3) is 17.2 Å². The van der Waals surface area contributed by atoms with Gasteiger partial charge >= 0.3 is 0 Å². The molecule has 0 unspecified atom stereocenters. The second-order valence-corrected chi connectivity index (χ2v) is 10.3. The molecular weight excluding hydrogens is 484 g/mol. The zero-order chi connectivity index (χ0) is 26.0. The minimum atomic E-state index is -3.95. The van der Waals surface area contributed by atoms with E-state index in [2.05, 4.69) is 30.0 Å². The van der Waals surface area contributed by atoms with Gasteiger partial charge in [0, 0.05) is 31.6 Å². The van der Waals surface area contributed by atoms with Crippen LogP contribution in [0.4, 0.5) is 5.95 Å². The molecule has 3 aromatic heterocycles. The van der Waals surface area contributed by atoms with Gasteiger partial charge in [-0.1, -0.05) is 13.0 Å². The van der Waals surface area contributed by atoms with Crippen LogP contribution in [0.3, 0.4) is 0 Å². The molecule has 0 fully saturated rings. The highest BCUT2D eigenvalue weighted by Crippen LogP contribution is 2.37. The van der Waals surface area contributed by atoms with Crippen molar-refractivity contribution in [1.29, 1.82) is 0 Å². The van der Waals surface area contributed by atoms with Crippen LogP contribution in [0.15, 0.2) is 42.9 Å². The van der Waals surface area contributed by atoms with Gasteiger partial charge in [-0.15, -0.1) is 10.2 Å². The lowest BCUT2D eigenvalue weighted by Gasteiger charge is -2.21. The number of hydrogen-bond donors (Lipinski definition) is 1. The highest BCUT2D eigenvalue weighted by molar-refractivity contribution is 7.93. The molecule has 13 heteroatoms. The molecular formula is C23H28N8O4S. The molecule has 1 aromatic carbocycles. The molecule has 0 bridgehead atoms. The molecule has 0 saturated heterocycles. The summed E-state index contributed by atoms with van der Waals surface area (Å²) in [4.78, 5) is 8.58. The van der Waals surface area contributed by atoms with Crippen LogP contribution in [-0.4, -0.2) is 62.4 Å². The summed E-state index contributed by atoms with van der Waals surface area (Å²) in [5, 5.41) is 12.0. The van der Waals surface area contributed by atoms with E-state index in [1.165, 1.54) is 18.8 Å². The smallest absolute Gasteiger partial charge is 0.243 e. The Morgan fingerprint density at radius 1 is 1.00 bits per heavy atom. The first-order valence-corrected chi connectivity index (χ1v) is 12.7. The lowest BCUT2D eigenvalue weighted by molar-refractivity contribution is 0.391. The first kappa shape index (κ1) is 25.1. The molecule has 2 atom stereocenters. The van der Waals surface area contributed by atoms with Crippen LogP contribution in [0.1, 0.15) is 31.2 Å². The van der Waals surface area contributed by atoms with E-state index in [4.69, 9.17) is 9.47 Å². The first-order chi connectivity index (χ1) is 17.2. The summed E-state index contributed by atoms with van der Waals surface area (Å²) in [6.07, 6.45) is 4.96. The Morgan fingerprint density at radius 2 is 1.69 bits per heavy atom. The zero-order valence-corrected chi connectivity index (χ0v) is 21.7. The normalized spacial score (nSPS) is 13.3. The molecule has 0 aliphatic carbocycles. The molecule has 0 radical (unpaired) electrons. The van der Waals surface area contributed by atoms with Crippen molar-refractivity contribution < 1.29 is 17.9 Å². The molecule has 4 rings (SSSR count). The Bertz CT molecular complexity index is 1440. The van der Waals surface area contributed by atoms with Crippen molar-refractivity contribution in [2.45, 2.75) is 31.9 Å². The second-order valence-electron chi connectivity index (χ2n) is 8.29. The number of ether oxygens (including phenoxy) is 2. The van der Waals surface area contributed by atoms with Crippen LogP contribution in [0, 0.1) is 6.92 Å². The topological polar surface area (TPSA) is 139 Å². The van der Waals surface area contributed by atoms with Crippen molar-refractivity contribution in [3.8, 4) is 28.7 Å². The third kappa shape index (κ3) is 4.73. The van der Waals surface area contributed by atoms with Crippen LogP contribution in [0.2, 0.25) is 0 Å². The van der Waals surface area contributed by atoms with Crippen LogP contribution >= 0.6 is 0 Å². The minimum Gasteiger partial charge on any atom is -0.494 e. The minimum absolute atomic E-state index is 0.0347. The van der Waals surface area contributed by atoms with Gasteiger partial charge < -0.3 is 9.47 Å². The van der Waals surface area contributed by atoms with Crippen molar-refractivity contribution in [3.63, 3.8) is 0 Å². The molecule has 1 N–H and O–H groups in total. The number of methoxy groups -OCH3 is 2. The van der Waals surface area contributed by atoms with Crippen molar-refractivity contribution >= 4 is 16.0 Å². The zero-order valence-electron chi connectivity index (χ0n) is 20.9. The van der Waals surface area contributed by atoms with E-state index in [1.54, 1.807) is 68.4 Å². The predicted octanol–water partition coefficient (Wildman–Crippen LogP) is 2.72. The number of benzene rings is 1. The van der Waals surface area contributed by atoms with E-state index in [1.807, 2.05) is 6.92 Å². The number of nitrogens with zero attached hydrogens (tertiary/aromatic N) is 7. The van der Waals surface area contributed by atoms with Gasteiger partial charge in [0.15, 0.2) is 5.82 Å². The maximum Gasteiger partial charge on any atom is 0.243 e. The van der Waals surface area contributed by atoms with Gasteiger partial charge in [0.05, 0.1) is 30.9 Å². The Balaban J connectivity index is 1.81. The monoisotopic (exact) mass is 512 g/mol. The van der Waals surface area contributed by atoms with E-state index in [9.17, 15) is 8.42 Å². The summed E-state index contributed by atoms with van der Waals surface area (Å²) in [6, 6.07) is 6.99. The molecule has 0 saturated carbocycles. The fourth-order valence-corrected chi connectivity index (χ4v) is 4.93. The molecule has 3 heterocycles. The van der Waals surface area contributed by atoms with Crippen LogP contribution in [-0.2, 0) is 17.1 Å². The number of aryl methyl sites for hydroxylation is 2. The average molecular weight is 513 g/mol. The Hall–Kier alpha value is -4.00. The van der Waals surface area contributed by atoms with Crippen molar-refractivity contribution in [2.24, 2.45) is 7.05 Å². The van der Waals surface area contributed by atoms with E-state index < -0.39 is 21.2 Å². The van der Waals surface area contributed by atoms with Crippen molar-refractivity contribution in [1.82, 2.24) is 34.5 Å². The standard InChI is InChI=1S/C23H28N8O4S/c1-14-12-25-18(13-24-14)15(2)16(3)36(32,33)29-23-27-26-22(17-10-11-30(4)28-17)31(23)21-19(34-5)8-7-9-20(21)35-6/h7-13,15-16H,1-6H3,(H,27,29)/t15-,16-/m0/s1. The van der Waals surface area contributed by atoms with Gasteiger partial charge in [0.2, 0.25) is 16.0 Å². The summed E-state index contributed by atoms with van der Waals surface area (Å²) in [6.45, 7) is 5.22. The van der Waals surface area contributed by atoms with Crippen molar-refractivity contribution in [3.05, 3.63) is 54.2 Å². The number of para-hydroxylation sites is 1. The predicted molar refractivity (Wildman–Crippen MR) is 134 cm³/mol. The summed E-state index contributed by atoms with van der Waals surface area (Å²) in [5.41, 5.74) is 2.23. The summed E-state index contributed by atoms with van der Waals surface area (Å²) in [7, 11) is 0.846. The quantitative estimate of drug-likeness (QED) is 0.358. The number of hydrogen-bond acceptors (Lipinski definition) is 9. The fraction of sp³-hybridized carbons (Fsp3) is 0.348. The molecule has 0 aliphatic rings. The van der Waals surface area contributed by atoms with E-state index in [0.717, 1.165) is 5.69 Å². The number of rotatable bonds is 9. The lowest BCUT2D eigenvalue weighted by Crippen LogP contribution is -2.31. The lowest BCUT2D eigenvalue weighted by atomic mass is 10.1. The Morgan fingerprint density at radius 3 is 2.25 bits per heavy atom. The van der Waals surface area contributed by atoms with Gasteiger partial charge in [0.25, 0.3) is 0 Å². The second kappa shape index (κ2) is 9.93. The van der Waals surface area contributed by atoms with Gasteiger partial charge in [-0.3, -0.25) is 23.9 Å². The molecule has 0 aliphatic heterocycles.